The summed E-state index contributed by atoms with van der Waals surface area (Å²) in [6.07, 6.45) is 6.07. The molecule has 0 amide bonds. The number of aromatic nitrogens is 5. The summed E-state index contributed by atoms with van der Waals surface area (Å²) >= 11 is 7.62. The Bertz CT molecular complexity index is 1070. The van der Waals surface area contributed by atoms with Gasteiger partial charge in [0.2, 0.25) is 5.95 Å². The third-order valence-corrected chi connectivity index (χ3v) is 6.44. The molecule has 0 atom stereocenters. The molecular weight excluding hydrogens is 396 g/mol. The van der Waals surface area contributed by atoms with Gasteiger partial charge in [-0.3, -0.25) is 9.36 Å². The van der Waals surface area contributed by atoms with E-state index in [9.17, 15) is 4.79 Å². The molecule has 2 aliphatic rings. The molecule has 3 aromatic rings. The fourth-order valence-corrected chi connectivity index (χ4v) is 4.73. The molecule has 0 bridgehead atoms. The van der Waals surface area contributed by atoms with Gasteiger partial charge in [0.15, 0.2) is 5.16 Å². The van der Waals surface area contributed by atoms with Crippen LogP contribution in [0.15, 0.2) is 28.2 Å². The van der Waals surface area contributed by atoms with Crippen molar-refractivity contribution >= 4 is 40.2 Å². The summed E-state index contributed by atoms with van der Waals surface area (Å²) in [5.41, 5.74) is 0.472. The van der Waals surface area contributed by atoms with Crippen LogP contribution in [0, 0.1) is 0 Å². The smallest absolute Gasteiger partial charge is 0.258 e. The first kappa shape index (κ1) is 18.0. The number of rotatable bonds is 5. The van der Waals surface area contributed by atoms with Crippen LogP contribution in [0.2, 0.25) is 5.02 Å². The van der Waals surface area contributed by atoms with Crippen LogP contribution in [-0.2, 0) is 5.75 Å². The maximum Gasteiger partial charge on any atom is 0.258 e. The molecule has 1 aromatic carbocycles. The van der Waals surface area contributed by atoms with E-state index in [1.54, 1.807) is 30.0 Å². The van der Waals surface area contributed by atoms with Gasteiger partial charge in [-0.05, 0) is 50.3 Å². The van der Waals surface area contributed by atoms with Crippen LogP contribution in [0.3, 0.4) is 0 Å². The number of thioether (sulfide) groups is 1. The van der Waals surface area contributed by atoms with Gasteiger partial charge >= 0.3 is 0 Å². The molecule has 1 aliphatic heterocycles. The van der Waals surface area contributed by atoms with Gasteiger partial charge in [0.05, 0.1) is 16.7 Å². The Morgan fingerprint density at radius 3 is 2.79 bits per heavy atom. The van der Waals surface area contributed by atoms with Crippen LogP contribution in [-0.4, -0.2) is 37.8 Å². The molecule has 7 nitrogen and oxygen atoms in total. The molecule has 0 unspecified atom stereocenters. The average molecular weight is 417 g/mol. The van der Waals surface area contributed by atoms with Crippen molar-refractivity contribution in [3.05, 3.63) is 39.4 Å². The van der Waals surface area contributed by atoms with Crippen molar-refractivity contribution in [3.8, 4) is 0 Å². The largest absolute Gasteiger partial charge is 0.341 e. The van der Waals surface area contributed by atoms with Gasteiger partial charge in [-0.25, -0.2) is 4.98 Å². The summed E-state index contributed by atoms with van der Waals surface area (Å²) < 4.78 is 2.28. The Balaban J connectivity index is 1.40. The minimum absolute atomic E-state index is 0.144. The predicted molar refractivity (Wildman–Crippen MR) is 111 cm³/mol. The summed E-state index contributed by atoms with van der Waals surface area (Å²) in [5.74, 6) is 2.15. The zero-order valence-corrected chi connectivity index (χ0v) is 17.0. The number of piperidine rings is 1. The van der Waals surface area contributed by atoms with E-state index in [4.69, 9.17) is 11.6 Å². The minimum Gasteiger partial charge on any atom is -0.341 e. The monoisotopic (exact) mass is 416 g/mol. The molecule has 1 saturated carbocycles. The van der Waals surface area contributed by atoms with E-state index in [1.165, 1.54) is 32.1 Å². The van der Waals surface area contributed by atoms with E-state index in [0.29, 0.717) is 33.5 Å². The van der Waals surface area contributed by atoms with Gasteiger partial charge in [0, 0.05) is 24.2 Å². The van der Waals surface area contributed by atoms with Crippen molar-refractivity contribution in [1.29, 1.82) is 0 Å². The first-order valence-corrected chi connectivity index (χ1v) is 11.1. The van der Waals surface area contributed by atoms with Gasteiger partial charge in [-0.15, -0.1) is 10.2 Å². The van der Waals surface area contributed by atoms with Gasteiger partial charge in [0.25, 0.3) is 5.56 Å². The quantitative estimate of drug-likeness (QED) is 0.637. The molecule has 1 saturated heterocycles. The molecule has 2 fully saturated rings. The number of aromatic amines is 1. The van der Waals surface area contributed by atoms with Crippen LogP contribution in [0.1, 0.15) is 44.0 Å². The summed E-state index contributed by atoms with van der Waals surface area (Å²) in [6, 6.07) is 5.63. The van der Waals surface area contributed by atoms with Crippen molar-refractivity contribution in [3.63, 3.8) is 0 Å². The van der Waals surface area contributed by atoms with E-state index in [2.05, 4.69) is 29.6 Å². The van der Waals surface area contributed by atoms with Crippen LogP contribution in [0.4, 0.5) is 5.95 Å². The Morgan fingerprint density at radius 2 is 2.00 bits per heavy atom. The number of hydrogen-bond acceptors (Lipinski definition) is 6. The molecule has 5 rings (SSSR count). The van der Waals surface area contributed by atoms with Crippen LogP contribution >= 0.6 is 23.4 Å². The third-order valence-electron chi connectivity index (χ3n) is 5.25. The number of nitrogens with zero attached hydrogens (tertiary/aromatic N) is 5. The second-order valence-corrected chi connectivity index (χ2v) is 8.77. The number of nitrogens with one attached hydrogen (secondary N) is 1. The molecule has 9 heteroatoms. The van der Waals surface area contributed by atoms with Gasteiger partial charge in [-0.2, -0.15) is 0 Å². The van der Waals surface area contributed by atoms with E-state index < -0.39 is 0 Å². The Labute approximate surface area is 171 Å². The number of benzene rings is 1. The topological polar surface area (TPSA) is 79.7 Å². The Morgan fingerprint density at radius 1 is 1.18 bits per heavy atom. The first-order valence-electron chi connectivity index (χ1n) is 9.70. The van der Waals surface area contributed by atoms with Crippen LogP contribution in [0.25, 0.3) is 10.9 Å². The molecule has 146 valence electrons. The second-order valence-electron chi connectivity index (χ2n) is 7.39. The first-order chi connectivity index (χ1) is 13.7. The summed E-state index contributed by atoms with van der Waals surface area (Å²) in [7, 11) is 0. The lowest BCUT2D eigenvalue weighted by molar-refractivity contribution is 0.548. The minimum atomic E-state index is -0.144. The molecule has 3 heterocycles. The summed E-state index contributed by atoms with van der Waals surface area (Å²) in [6.45, 7) is 2.10. The molecule has 1 aliphatic carbocycles. The molecule has 0 spiro atoms. The number of halogens is 1. The van der Waals surface area contributed by atoms with Crippen molar-refractivity contribution < 1.29 is 0 Å². The van der Waals surface area contributed by atoms with E-state index in [0.717, 1.165) is 24.2 Å². The highest BCUT2D eigenvalue weighted by Gasteiger charge is 2.32. The van der Waals surface area contributed by atoms with Crippen molar-refractivity contribution in [2.45, 2.75) is 49.1 Å². The molecule has 0 radical (unpaired) electrons. The molecular formula is C19H21ClN6OS. The fourth-order valence-electron chi connectivity index (χ4n) is 3.69. The predicted octanol–water partition coefficient (Wildman–Crippen LogP) is 3.79. The zero-order chi connectivity index (χ0) is 19.1. The fraction of sp³-hybridized carbons (Fsp3) is 0.474. The maximum absolute atomic E-state index is 12.3. The summed E-state index contributed by atoms with van der Waals surface area (Å²) in [5, 5.41) is 11.0. The van der Waals surface area contributed by atoms with Crippen molar-refractivity contribution in [1.82, 2.24) is 24.7 Å². The Hall–Kier alpha value is -2.06. The highest BCUT2D eigenvalue weighted by atomic mass is 35.5. The van der Waals surface area contributed by atoms with Crippen molar-refractivity contribution in [2.75, 3.05) is 18.0 Å². The highest BCUT2D eigenvalue weighted by Crippen LogP contribution is 2.41. The molecule has 2 aromatic heterocycles. The number of fused-ring (bicyclic) bond motifs is 1. The Kier molecular flexibility index (Phi) is 4.76. The average Bonchev–Trinajstić information content (AvgIpc) is 3.45. The maximum atomic E-state index is 12.3. The molecule has 1 N–H and O–H groups in total. The van der Waals surface area contributed by atoms with Crippen LogP contribution < -0.4 is 10.5 Å². The SMILES string of the molecule is O=c1[nH]c(CSc2nnc(N3CCCCC3)n2C2CC2)nc2cc(Cl)ccc12. The zero-order valence-electron chi connectivity index (χ0n) is 15.4. The lowest BCUT2D eigenvalue weighted by atomic mass is 10.1. The van der Waals surface area contributed by atoms with E-state index >= 15 is 0 Å². The summed E-state index contributed by atoms with van der Waals surface area (Å²) in [4.78, 5) is 22.1. The number of hydrogen-bond donors (Lipinski definition) is 1. The van der Waals surface area contributed by atoms with Gasteiger partial charge < -0.3 is 9.88 Å². The standard InChI is InChI=1S/C19H21ClN6OS/c20-12-4-7-14-15(10-12)21-16(22-17(14)27)11-28-19-24-23-18(26(19)13-5-6-13)25-8-2-1-3-9-25/h4,7,10,13H,1-3,5-6,8-9,11H2,(H,21,22,27). The normalized spacial score (nSPS) is 17.4. The van der Waals surface area contributed by atoms with Crippen LogP contribution in [0.5, 0.6) is 0 Å². The third kappa shape index (κ3) is 3.51. The highest BCUT2D eigenvalue weighted by molar-refractivity contribution is 7.98. The van der Waals surface area contributed by atoms with Gasteiger partial charge in [0.1, 0.15) is 5.82 Å². The lowest BCUT2D eigenvalue weighted by Gasteiger charge is -2.27. The number of H-pyrrole nitrogens is 1. The second kappa shape index (κ2) is 7.40. The van der Waals surface area contributed by atoms with Crippen molar-refractivity contribution in [2.24, 2.45) is 0 Å². The molecule has 28 heavy (non-hydrogen) atoms. The van der Waals surface area contributed by atoms with E-state index in [1.807, 2.05) is 0 Å². The number of anilines is 1. The lowest BCUT2D eigenvalue weighted by Crippen LogP contribution is -2.31. The van der Waals surface area contributed by atoms with E-state index in [-0.39, 0.29) is 5.56 Å². The van der Waals surface area contributed by atoms with Gasteiger partial charge in [-0.1, -0.05) is 23.4 Å².